The Labute approximate surface area is 288 Å². The minimum Gasteiger partial charge on any atom is -0.481 e. The molecule has 0 saturated heterocycles. The molecule has 0 spiro atoms. The lowest BCUT2D eigenvalue weighted by Gasteiger charge is -2.40. The van der Waals surface area contributed by atoms with E-state index in [1.54, 1.807) is 43.3 Å². The van der Waals surface area contributed by atoms with Gasteiger partial charge in [-0.2, -0.15) is 26.3 Å². The van der Waals surface area contributed by atoms with E-state index >= 15 is 0 Å². The SMILES string of the molecule is CCOC(=O)N1c2ccc(OC)nc2[C@@H](NC(c2cc(C(F)(F)F)cc(C(F)(F)F)c2)c2cnc(C(=O)OCc3ccccc3)cn2)C[C@H]1CC. The summed E-state index contributed by atoms with van der Waals surface area (Å²) in [4.78, 5) is 40.1. The van der Waals surface area contributed by atoms with Crippen molar-refractivity contribution in [3.05, 3.63) is 112 Å². The topological polar surface area (TPSA) is 116 Å². The number of nitrogens with one attached hydrogen (secondary N) is 1. The van der Waals surface area contributed by atoms with E-state index in [0.29, 0.717) is 29.8 Å². The number of carbonyl (C=O) groups excluding carboxylic acids is 2. The molecule has 0 radical (unpaired) electrons. The lowest BCUT2D eigenvalue weighted by atomic mass is 9.91. The summed E-state index contributed by atoms with van der Waals surface area (Å²) in [6, 6.07) is 10.3. The van der Waals surface area contributed by atoms with Crippen LogP contribution in [0, 0.1) is 0 Å². The van der Waals surface area contributed by atoms with Crippen molar-refractivity contribution in [1.82, 2.24) is 20.3 Å². The van der Waals surface area contributed by atoms with Crippen LogP contribution in [0.3, 0.4) is 0 Å². The average Bonchev–Trinajstić information content (AvgIpc) is 3.11. The second-order valence-electron chi connectivity index (χ2n) is 11.5. The van der Waals surface area contributed by atoms with Gasteiger partial charge in [-0.25, -0.2) is 19.6 Å². The summed E-state index contributed by atoms with van der Waals surface area (Å²) in [5, 5.41) is 3.15. The summed E-state index contributed by atoms with van der Waals surface area (Å²) < 4.78 is 100.0. The summed E-state index contributed by atoms with van der Waals surface area (Å²) in [6.45, 7) is 3.47. The van der Waals surface area contributed by atoms with E-state index in [-0.39, 0.29) is 48.7 Å². The summed E-state index contributed by atoms with van der Waals surface area (Å²) in [6.07, 6.45) is -8.26. The molecule has 0 aliphatic carbocycles. The molecule has 2 aromatic heterocycles. The highest BCUT2D eigenvalue weighted by Gasteiger charge is 2.41. The first kappa shape index (κ1) is 37.0. The molecule has 1 amide bonds. The first-order chi connectivity index (χ1) is 24.2. The molecular weight excluding hydrogens is 684 g/mol. The third kappa shape index (κ3) is 8.56. The van der Waals surface area contributed by atoms with Crippen molar-refractivity contribution in [2.45, 2.75) is 63.8 Å². The maximum Gasteiger partial charge on any atom is 0.416 e. The summed E-state index contributed by atoms with van der Waals surface area (Å²) in [5.41, 5.74) is -2.59. The molecule has 1 unspecified atom stereocenters. The number of hydrogen-bond acceptors (Lipinski definition) is 9. The molecular formula is C35H33F6N5O5. The van der Waals surface area contributed by atoms with Crippen LogP contribution in [-0.4, -0.2) is 46.8 Å². The van der Waals surface area contributed by atoms with Crippen LogP contribution in [0.5, 0.6) is 5.88 Å². The summed E-state index contributed by atoms with van der Waals surface area (Å²) in [5.74, 6) is -0.698. The highest BCUT2D eigenvalue weighted by molar-refractivity contribution is 5.90. The third-order valence-electron chi connectivity index (χ3n) is 8.18. The number of alkyl halides is 6. The van der Waals surface area contributed by atoms with Gasteiger partial charge in [0.1, 0.15) is 6.61 Å². The number of aromatic nitrogens is 3. The van der Waals surface area contributed by atoms with E-state index in [2.05, 4.69) is 20.3 Å². The highest BCUT2D eigenvalue weighted by Crippen LogP contribution is 2.42. The number of esters is 1. The summed E-state index contributed by atoms with van der Waals surface area (Å²) in [7, 11) is 1.37. The van der Waals surface area contributed by atoms with Gasteiger partial charge in [-0.15, -0.1) is 0 Å². The Morgan fingerprint density at radius 3 is 2.18 bits per heavy atom. The Morgan fingerprint density at radius 1 is 0.922 bits per heavy atom. The molecule has 0 saturated carbocycles. The zero-order valence-electron chi connectivity index (χ0n) is 27.6. The van der Waals surface area contributed by atoms with Gasteiger partial charge in [-0.1, -0.05) is 37.3 Å². The minimum absolute atomic E-state index is 0.0325. The molecule has 0 bridgehead atoms. The predicted octanol–water partition coefficient (Wildman–Crippen LogP) is 7.84. The summed E-state index contributed by atoms with van der Waals surface area (Å²) >= 11 is 0. The molecule has 1 N–H and O–H groups in total. The molecule has 0 fully saturated rings. The van der Waals surface area contributed by atoms with Crippen LogP contribution in [0.1, 0.15) is 82.9 Å². The molecule has 3 atom stereocenters. The Bertz CT molecular complexity index is 1810. The molecule has 51 heavy (non-hydrogen) atoms. The lowest BCUT2D eigenvalue weighted by molar-refractivity contribution is -0.143. The van der Waals surface area contributed by atoms with Crippen LogP contribution in [0.15, 0.2) is 73.1 Å². The van der Waals surface area contributed by atoms with Crippen molar-refractivity contribution in [2.24, 2.45) is 0 Å². The number of pyridine rings is 1. The number of methoxy groups -OCH3 is 1. The fourth-order valence-corrected chi connectivity index (χ4v) is 5.73. The van der Waals surface area contributed by atoms with Crippen LogP contribution >= 0.6 is 0 Å². The van der Waals surface area contributed by atoms with Crippen LogP contribution in [0.25, 0.3) is 0 Å². The van der Waals surface area contributed by atoms with Crippen molar-refractivity contribution in [3.63, 3.8) is 0 Å². The van der Waals surface area contributed by atoms with Crippen LogP contribution < -0.4 is 15.0 Å². The van der Waals surface area contributed by atoms with Crippen LogP contribution in [0.4, 0.5) is 36.8 Å². The predicted molar refractivity (Wildman–Crippen MR) is 171 cm³/mol. The number of amides is 1. The molecule has 4 aromatic rings. The second kappa shape index (κ2) is 15.3. The van der Waals surface area contributed by atoms with Gasteiger partial charge in [0.15, 0.2) is 5.69 Å². The van der Waals surface area contributed by atoms with Crippen molar-refractivity contribution in [3.8, 4) is 5.88 Å². The van der Waals surface area contributed by atoms with Gasteiger partial charge in [0.05, 0.1) is 66.4 Å². The number of ether oxygens (including phenoxy) is 3. The van der Waals surface area contributed by atoms with E-state index in [4.69, 9.17) is 14.2 Å². The van der Waals surface area contributed by atoms with Crippen molar-refractivity contribution in [1.29, 1.82) is 0 Å². The van der Waals surface area contributed by atoms with Gasteiger partial charge >= 0.3 is 24.4 Å². The Morgan fingerprint density at radius 2 is 1.61 bits per heavy atom. The molecule has 10 nitrogen and oxygen atoms in total. The van der Waals surface area contributed by atoms with Gasteiger partial charge in [0.2, 0.25) is 5.88 Å². The number of rotatable bonds is 10. The molecule has 5 rings (SSSR count). The second-order valence-corrected chi connectivity index (χ2v) is 11.5. The first-order valence-electron chi connectivity index (χ1n) is 15.8. The smallest absolute Gasteiger partial charge is 0.416 e. The monoisotopic (exact) mass is 717 g/mol. The van der Waals surface area contributed by atoms with Crippen LogP contribution in [-0.2, 0) is 28.4 Å². The van der Waals surface area contributed by atoms with Gasteiger partial charge in [0, 0.05) is 12.1 Å². The maximum absolute atomic E-state index is 14.0. The number of benzene rings is 2. The molecule has 270 valence electrons. The van der Waals surface area contributed by atoms with Gasteiger partial charge in [-0.05, 0) is 55.2 Å². The number of anilines is 1. The van der Waals surface area contributed by atoms with Crippen molar-refractivity contribution >= 4 is 17.7 Å². The van der Waals surface area contributed by atoms with Crippen molar-refractivity contribution < 1.29 is 50.1 Å². The zero-order valence-corrected chi connectivity index (χ0v) is 27.6. The third-order valence-corrected chi connectivity index (χ3v) is 8.18. The average molecular weight is 718 g/mol. The Balaban J connectivity index is 1.59. The fraction of sp³-hybridized carbons (Fsp3) is 0.343. The van der Waals surface area contributed by atoms with Gasteiger partial charge in [0.25, 0.3) is 0 Å². The Hall–Kier alpha value is -5.25. The Kier molecular flexibility index (Phi) is 11.1. The molecule has 1 aliphatic heterocycles. The zero-order chi connectivity index (χ0) is 36.9. The lowest BCUT2D eigenvalue weighted by Crippen LogP contribution is -2.48. The van der Waals surface area contributed by atoms with E-state index in [1.807, 2.05) is 6.92 Å². The maximum atomic E-state index is 14.0. The standard InChI is InChI=1S/C35H33F6N5O5/c1-4-24-16-25(31-28(11-12-29(45-31)49-3)46(24)33(48)50-5-2)44-30(21-13-22(34(36,37)38)15-23(14-21)35(39,40)41)26-17-43-27(18-42-26)32(47)51-19-20-9-7-6-8-10-20/h6-15,17-18,24-25,30,44H,4-5,16,19H2,1-3H3/t24-,25+,30?/m1/s1. The molecule has 3 heterocycles. The number of hydrogen-bond donors (Lipinski definition) is 1. The van der Waals surface area contributed by atoms with Gasteiger partial charge in [-0.3, -0.25) is 15.2 Å². The number of carbonyl (C=O) groups is 2. The van der Waals surface area contributed by atoms with Gasteiger partial charge < -0.3 is 14.2 Å². The highest BCUT2D eigenvalue weighted by atomic mass is 19.4. The largest absolute Gasteiger partial charge is 0.481 e. The van der Waals surface area contributed by atoms with Crippen molar-refractivity contribution in [2.75, 3.05) is 18.6 Å². The molecule has 16 heteroatoms. The molecule has 2 aromatic carbocycles. The van der Waals surface area contributed by atoms with E-state index < -0.39 is 59.2 Å². The molecule has 1 aliphatic rings. The number of halogens is 6. The van der Waals surface area contributed by atoms with E-state index in [9.17, 15) is 35.9 Å². The van der Waals surface area contributed by atoms with E-state index in [1.165, 1.54) is 18.1 Å². The quantitative estimate of drug-likeness (QED) is 0.129. The first-order valence-corrected chi connectivity index (χ1v) is 15.8. The van der Waals surface area contributed by atoms with Crippen LogP contribution in [0.2, 0.25) is 0 Å². The minimum atomic E-state index is -5.13. The fourth-order valence-electron chi connectivity index (χ4n) is 5.73. The number of nitrogens with zero attached hydrogens (tertiary/aromatic N) is 4. The number of fused-ring (bicyclic) bond motifs is 1. The normalized spacial score (nSPS) is 16.6. The van der Waals surface area contributed by atoms with E-state index in [0.717, 1.165) is 12.4 Å².